The predicted molar refractivity (Wildman–Crippen MR) is 74.5 cm³/mol. The average Bonchev–Trinajstić information content (AvgIpc) is 2.56. The predicted octanol–water partition coefficient (Wildman–Crippen LogP) is 0.807. The van der Waals surface area contributed by atoms with Crippen LogP contribution in [0.5, 0.6) is 0 Å². The van der Waals surface area contributed by atoms with Crippen molar-refractivity contribution in [1.82, 2.24) is 20.1 Å². The van der Waals surface area contributed by atoms with Crippen LogP contribution in [0.3, 0.4) is 0 Å². The van der Waals surface area contributed by atoms with Gasteiger partial charge in [0, 0.05) is 44.6 Å². The Morgan fingerprint density at radius 3 is 3.11 bits per heavy atom. The molecule has 1 atom stereocenters. The molecule has 0 aromatic carbocycles. The summed E-state index contributed by atoms with van der Waals surface area (Å²) >= 11 is 0. The van der Waals surface area contributed by atoms with Crippen molar-refractivity contribution in [2.24, 2.45) is 0 Å². The molecule has 18 heavy (non-hydrogen) atoms. The Balaban J connectivity index is 2.01. The Morgan fingerprint density at radius 2 is 2.39 bits per heavy atom. The van der Waals surface area contributed by atoms with Crippen LogP contribution in [0.1, 0.15) is 12.0 Å². The van der Waals surface area contributed by atoms with E-state index in [0.717, 1.165) is 26.2 Å². The van der Waals surface area contributed by atoms with Crippen LogP contribution in [-0.2, 0) is 6.54 Å². The third kappa shape index (κ3) is 4.05. The van der Waals surface area contributed by atoms with Crippen LogP contribution in [0.4, 0.5) is 0 Å². The topological polar surface area (TPSA) is 31.4 Å². The van der Waals surface area contributed by atoms with Gasteiger partial charge in [-0.3, -0.25) is 9.88 Å². The summed E-state index contributed by atoms with van der Waals surface area (Å²) in [6.45, 7) is 5.49. The van der Waals surface area contributed by atoms with Crippen molar-refractivity contribution in [2.45, 2.75) is 19.0 Å². The molecule has 1 aliphatic heterocycles. The van der Waals surface area contributed by atoms with Gasteiger partial charge in [0.2, 0.25) is 0 Å². The van der Waals surface area contributed by atoms with Crippen LogP contribution in [0.2, 0.25) is 0 Å². The minimum absolute atomic E-state index is 0.586. The first-order valence-corrected chi connectivity index (χ1v) is 6.74. The molecule has 1 aliphatic rings. The molecule has 0 aliphatic carbocycles. The molecule has 4 nitrogen and oxygen atoms in total. The molecule has 0 bridgehead atoms. The van der Waals surface area contributed by atoms with Crippen molar-refractivity contribution in [2.75, 3.05) is 40.3 Å². The number of pyridine rings is 1. The Hall–Kier alpha value is -0.970. The van der Waals surface area contributed by atoms with Gasteiger partial charge in [-0.25, -0.2) is 0 Å². The molecule has 1 saturated heterocycles. The van der Waals surface area contributed by atoms with Gasteiger partial charge >= 0.3 is 0 Å². The van der Waals surface area contributed by atoms with E-state index in [4.69, 9.17) is 0 Å². The van der Waals surface area contributed by atoms with E-state index in [1.807, 2.05) is 18.5 Å². The van der Waals surface area contributed by atoms with Gasteiger partial charge < -0.3 is 10.2 Å². The monoisotopic (exact) mass is 248 g/mol. The third-order valence-corrected chi connectivity index (χ3v) is 3.38. The quantitative estimate of drug-likeness (QED) is 0.854. The smallest absolute Gasteiger partial charge is 0.0351 e. The number of aromatic nitrogens is 1. The van der Waals surface area contributed by atoms with E-state index in [9.17, 15) is 0 Å². The van der Waals surface area contributed by atoms with Crippen LogP contribution in [0.15, 0.2) is 24.5 Å². The van der Waals surface area contributed by atoms with Crippen LogP contribution >= 0.6 is 0 Å². The van der Waals surface area contributed by atoms with E-state index in [0.29, 0.717) is 6.04 Å². The summed E-state index contributed by atoms with van der Waals surface area (Å²) in [5.41, 5.74) is 1.31. The molecular weight excluding hydrogens is 224 g/mol. The van der Waals surface area contributed by atoms with E-state index < -0.39 is 0 Å². The molecular formula is C14H24N4. The fourth-order valence-corrected chi connectivity index (χ4v) is 2.52. The third-order valence-electron chi connectivity index (χ3n) is 3.38. The number of hydrogen-bond acceptors (Lipinski definition) is 4. The molecule has 1 N–H and O–H groups in total. The highest BCUT2D eigenvalue weighted by molar-refractivity contribution is 5.08. The zero-order valence-corrected chi connectivity index (χ0v) is 11.5. The van der Waals surface area contributed by atoms with E-state index in [-0.39, 0.29) is 0 Å². The summed E-state index contributed by atoms with van der Waals surface area (Å²) in [6.07, 6.45) is 5.04. The summed E-state index contributed by atoms with van der Waals surface area (Å²) in [7, 11) is 4.29. The standard InChI is InChI=1S/C14H24N4/c1-17(2)12-14-10-16-7-4-8-18(14)11-13-5-3-6-15-9-13/h3,5-6,9,14,16H,4,7-8,10-12H2,1-2H3. The van der Waals surface area contributed by atoms with Gasteiger partial charge in [-0.2, -0.15) is 0 Å². The number of rotatable bonds is 4. The summed E-state index contributed by atoms with van der Waals surface area (Å²) < 4.78 is 0. The number of nitrogens with zero attached hydrogens (tertiary/aromatic N) is 3. The first kappa shape index (κ1) is 13.5. The first-order valence-electron chi connectivity index (χ1n) is 6.74. The van der Waals surface area contributed by atoms with Crippen molar-refractivity contribution < 1.29 is 0 Å². The summed E-state index contributed by atoms with van der Waals surface area (Å²) in [5.74, 6) is 0. The van der Waals surface area contributed by atoms with Crippen molar-refractivity contribution in [1.29, 1.82) is 0 Å². The van der Waals surface area contributed by atoms with E-state index in [1.54, 1.807) is 0 Å². The zero-order valence-electron chi connectivity index (χ0n) is 11.5. The first-order chi connectivity index (χ1) is 8.75. The van der Waals surface area contributed by atoms with Gasteiger partial charge in [0.1, 0.15) is 0 Å². The summed E-state index contributed by atoms with van der Waals surface area (Å²) in [6, 6.07) is 4.77. The van der Waals surface area contributed by atoms with E-state index >= 15 is 0 Å². The molecule has 1 aromatic heterocycles. The Labute approximate surface area is 110 Å². The van der Waals surface area contributed by atoms with Gasteiger partial charge in [0.15, 0.2) is 0 Å². The lowest BCUT2D eigenvalue weighted by molar-refractivity contribution is 0.165. The van der Waals surface area contributed by atoms with Crippen molar-refractivity contribution >= 4 is 0 Å². The summed E-state index contributed by atoms with van der Waals surface area (Å²) in [5, 5.41) is 3.53. The molecule has 1 fully saturated rings. The second-order valence-electron chi connectivity index (χ2n) is 5.31. The van der Waals surface area contributed by atoms with Gasteiger partial charge in [-0.05, 0) is 38.7 Å². The molecule has 2 rings (SSSR count). The average molecular weight is 248 g/mol. The SMILES string of the molecule is CN(C)CC1CNCCCN1Cc1cccnc1. The molecule has 2 heterocycles. The fourth-order valence-electron chi connectivity index (χ4n) is 2.52. The lowest BCUT2D eigenvalue weighted by Crippen LogP contribution is -2.45. The maximum absolute atomic E-state index is 4.21. The van der Waals surface area contributed by atoms with Crippen molar-refractivity contribution in [3.63, 3.8) is 0 Å². The highest BCUT2D eigenvalue weighted by Crippen LogP contribution is 2.10. The van der Waals surface area contributed by atoms with Gasteiger partial charge in [-0.1, -0.05) is 6.07 Å². The maximum Gasteiger partial charge on any atom is 0.0351 e. The number of nitrogens with one attached hydrogen (secondary N) is 1. The van der Waals surface area contributed by atoms with Gasteiger partial charge in [0.05, 0.1) is 0 Å². The minimum Gasteiger partial charge on any atom is -0.315 e. The summed E-state index contributed by atoms with van der Waals surface area (Å²) in [4.78, 5) is 9.06. The lowest BCUT2D eigenvalue weighted by Gasteiger charge is -2.31. The lowest BCUT2D eigenvalue weighted by atomic mass is 10.2. The fraction of sp³-hybridized carbons (Fsp3) is 0.643. The largest absolute Gasteiger partial charge is 0.315 e. The molecule has 1 unspecified atom stereocenters. The second kappa shape index (κ2) is 6.83. The highest BCUT2D eigenvalue weighted by Gasteiger charge is 2.21. The van der Waals surface area contributed by atoms with Crippen LogP contribution < -0.4 is 5.32 Å². The minimum atomic E-state index is 0.586. The highest BCUT2D eigenvalue weighted by atomic mass is 15.2. The number of hydrogen-bond donors (Lipinski definition) is 1. The number of likely N-dealkylation sites (N-methyl/N-ethyl adjacent to an activating group) is 1. The van der Waals surface area contributed by atoms with Crippen LogP contribution in [0.25, 0.3) is 0 Å². The zero-order chi connectivity index (χ0) is 12.8. The van der Waals surface area contributed by atoms with E-state index in [2.05, 4.69) is 40.3 Å². The van der Waals surface area contributed by atoms with Gasteiger partial charge in [0.25, 0.3) is 0 Å². The van der Waals surface area contributed by atoms with Crippen LogP contribution in [0, 0.1) is 0 Å². The van der Waals surface area contributed by atoms with E-state index in [1.165, 1.54) is 18.5 Å². The Kier molecular flexibility index (Phi) is 5.11. The van der Waals surface area contributed by atoms with Crippen molar-refractivity contribution in [3.8, 4) is 0 Å². The molecule has 0 saturated carbocycles. The van der Waals surface area contributed by atoms with Crippen LogP contribution in [-0.4, -0.2) is 61.1 Å². The molecule has 1 aromatic rings. The van der Waals surface area contributed by atoms with Gasteiger partial charge in [-0.15, -0.1) is 0 Å². The Bertz CT molecular complexity index is 339. The van der Waals surface area contributed by atoms with Crippen molar-refractivity contribution in [3.05, 3.63) is 30.1 Å². The molecule has 4 heteroatoms. The normalized spacial score (nSPS) is 22.1. The Morgan fingerprint density at radius 1 is 1.50 bits per heavy atom. The second-order valence-corrected chi connectivity index (χ2v) is 5.31. The maximum atomic E-state index is 4.21. The molecule has 0 spiro atoms. The molecule has 100 valence electrons. The molecule has 0 radical (unpaired) electrons. The molecule has 0 amide bonds.